The van der Waals surface area contributed by atoms with Gasteiger partial charge in [-0.3, -0.25) is 4.98 Å². The van der Waals surface area contributed by atoms with Crippen LogP contribution in [0.5, 0.6) is 0 Å². The molecule has 2 nitrogen and oxygen atoms in total. The Hall–Kier alpha value is -4.43. The van der Waals surface area contributed by atoms with Crippen LogP contribution in [0.3, 0.4) is 0 Å². The molecule has 152 valence electrons. The number of furan rings is 1. The number of hydrogen-bond donors (Lipinski definition) is 0. The molecular formula is C31H17NO. The second-order valence-electron chi connectivity index (χ2n) is 8.77. The molecule has 0 spiro atoms. The summed E-state index contributed by atoms with van der Waals surface area (Å²) < 4.78 is 6.53. The summed E-state index contributed by atoms with van der Waals surface area (Å²) in [5.41, 5.74) is 3.98. The van der Waals surface area contributed by atoms with E-state index in [2.05, 4.69) is 97.1 Å². The van der Waals surface area contributed by atoms with Crippen LogP contribution in [-0.2, 0) is 0 Å². The first kappa shape index (κ1) is 17.2. The number of nitrogens with zero attached hydrogens (tertiary/aromatic N) is 1. The highest BCUT2D eigenvalue weighted by molar-refractivity contribution is 6.36. The van der Waals surface area contributed by atoms with E-state index in [0.717, 1.165) is 33.2 Å². The van der Waals surface area contributed by atoms with Crippen molar-refractivity contribution in [1.82, 2.24) is 4.98 Å². The molecule has 0 saturated heterocycles. The molecule has 0 saturated carbocycles. The normalized spacial score (nSPS) is 12.2. The Morgan fingerprint density at radius 3 is 2.12 bits per heavy atom. The lowest BCUT2D eigenvalue weighted by Crippen LogP contribution is -1.86. The van der Waals surface area contributed by atoms with Crippen molar-refractivity contribution in [2.75, 3.05) is 0 Å². The van der Waals surface area contributed by atoms with Crippen LogP contribution in [0.2, 0.25) is 0 Å². The molecule has 2 heteroatoms. The summed E-state index contributed by atoms with van der Waals surface area (Å²) >= 11 is 0. The molecule has 2 aromatic heterocycles. The van der Waals surface area contributed by atoms with E-state index in [-0.39, 0.29) is 0 Å². The molecule has 0 aliphatic carbocycles. The lowest BCUT2D eigenvalue weighted by atomic mass is 9.91. The van der Waals surface area contributed by atoms with E-state index in [1.807, 2.05) is 6.20 Å². The average Bonchev–Trinajstić information content (AvgIpc) is 3.27. The summed E-state index contributed by atoms with van der Waals surface area (Å²) in [6.45, 7) is 0. The van der Waals surface area contributed by atoms with Gasteiger partial charge in [-0.25, -0.2) is 0 Å². The van der Waals surface area contributed by atoms with E-state index in [1.54, 1.807) is 0 Å². The molecule has 0 unspecified atom stereocenters. The van der Waals surface area contributed by atoms with Crippen LogP contribution in [0.1, 0.15) is 0 Å². The Kier molecular flexibility index (Phi) is 3.16. The van der Waals surface area contributed by atoms with Gasteiger partial charge in [-0.15, -0.1) is 0 Å². The van der Waals surface area contributed by atoms with Crippen molar-refractivity contribution in [2.24, 2.45) is 0 Å². The molecule has 0 aliphatic heterocycles. The third-order valence-corrected chi connectivity index (χ3v) is 7.03. The lowest BCUT2D eigenvalue weighted by molar-refractivity contribution is 0.673. The maximum absolute atomic E-state index is 6.53. The number of rotatable bonds is 1. The van der Waals surface area contributed by atoms with Crippen LogP contribution < -0.4 is 0 Å². The van der Waals surface area contributed by atoms with Gasteiger partial charge in [-0.05, 0) is 51.2 Å². The van der Waals surface area contributed by atoms with Crippen LogP contribution in [0.15, 0.2) is 108 Å². The minimum Gasteiger partial charge on any atom is -0.455 e. The summed E-state index contributed by atoms with van der Waals surface area (Å²) in [5, 5.41) is 12.2. The van der Waals surface area contributed by atoms with Crippen LogP contribution >= 0.6 is 0 Å². The quantitative estimate of drug-likeness (QED) is 0.249. The maximum atomic E-state index is 6.53. The van der Waals surface area contributed by atoms with E-state index in [0.29, 0.717) is 0 Å². The van der Waals surface area contributed by atoms with Crippen molar-refractivity contribution in [3.8, 4) is 11.3 Å². The second-order valence-corrected chi connectivity index (χ2v) is 8.77. The van der Waals surface area contributed by atoms with Gasteiger partial charge in [0.1, 0.15) is 11.2 Å². The van der Waals surface area contributed by atoms with E-state index in [4.69, 9.17) is 9.40 Å². The van der Waals surface area contributed by atoms with E-state index in [9.17, 15) is 0 Å². The zero-order valence-corrected chi connectivity index (χ0v) is 17.7. The molecule has 0 aliphatic rings. The fourth-order valence-corrected chi connectivity index (χ4v) is 5.60. The van der Waals surface area contributed by atoms with Gasteiger partial charge in [0.2, 0.25) is 0 Å². The van der Waals surface area contributed by atoms with Crippen LogP contribution in [0.4, 0.5) is 0 Å². The first-order valence-electron chi connectivity index (χ1n) is 11.2. The van der Waals surface area contributed by atoms with Crippen LogP contribution in [0, 0.1) is 0 Å². The summed E-state index contributed by atoms with van der Waals surface area (Å²) in [6.07, 6.45) is 1.89. The SMILES string of the molecule is c1ccc2c(-c3ccc4oc5c6cccc7ccc8cccc(c5c4c3)c8c76)nccc2c1. The fraction of sp³-hybridized carbons (Fsp3) is 0. The second kappa shape index (κ2) is 6.08. The van der Waals surface area contributed by atoms with E-state index < -0.39 is 0 Å². The number of hydrogen-bond acceptors (Lipinski definition) is 2. The maximum Gasteiger partial charge on any atom is 0.143 e. The molecule has 0 N–H and O–H groups in total. The van der Waals surface area contributed by atoms with Crippen molar-refractivity contribution in [2.45, 2.75) is 0 Å². The number of benzene rings is 6. The Balaban J connectivity index is 1.57. The van der Waals surface area contributed by atoms with Crippen molar-refractivity contribution < 1.29 is 4.42 Å². The molecule has 0 amide bonds. The van der Waals surface area contributed by atoms with Gasteiger partial charge < -0.3 is 4.42 Å². The fourth-order valence-electron chi connectivity index (χ4n) is 5.60. The van der Waals surface area contributed by atoms with Gasteiger partial charge in [-0.1, -0.05) is 72.8 Å². The monoisotopic (exact) mass is 419 g/mol. The Labute approximate surface area is 189 Å². The van der Waals surface area contributed by atoms with Gasteiger partial charge >= 0.3 is 0 Å². The highest BCUT2D eigenvalue weighted by Crippen LogP contribution is 2.45. The predicted octanol–water partition coefficient (Wildman–Crippen LogP) is 8.70. The summed E-state index contributed by atoms with van der Waals surface area (Å²) in [6, 6.07) is 34.5. The first-order chi connectivity index (χ1) is 16.4. The van der Waals surface area contributed by atoms with Crippen LogP contribution in [-0.4, -0.2) is 4.98 Å². The van der Waals surface area contributed by atoms with Crippen molar-refractivity contribution in [3.05, 3.63) is 103 Å². The molecule has 8 rings (SSSR count). The smallest absolute Gasteiger partial charge is 0.143 e. The Morgan fingerprint density at radius 1 is 0.515 bits per heavy atom. The molecule has 0 fully saturated rings. The molecule has 33 heavy (non-hydrogen) atoms. The lowest BCUT2D eigenvalue weighted by Gasteiger charge is -2.11. The molecule has 0 bridgehead atoms. The summed E-state index contributed by atoms with van der Waals surface area (Å²) in [4.78, 5) is 4.76. The van der Waals surface area contributed by atoms with E-state index in [1.165, 1.54) is 43.1 Å². The van der Waals surface area contributed by atoms with Crippen LogP contribution in [0.25, 0.3) is 76.3 Å². The topological polar surface area (TPSA) is 26.0 Å². The summed E-state index contributed by atoms with van der Waals surface area (Å²) in [7, 11) is 0. The summed E-state index contributed by atoms with van der Waals surface area (Å²) in [5.74, 6) is 0. The minimum atomic E-state index is 0.908. The highest BCUT2D eigenvalue weighted by atomic mass is 16.3. The Bertz CT molecular complexity index is 2020. The molecule has 2 heterocycles. The molecular weight excluding hydrogens is 402 g/mol. The Morgan fingerprint density at radius 2 is 1.24 bits per heavy atom. The molecule has 0 atom stereocenters. The number of pyridine rings is 1. The third-order valence-electron chi connectivity index (χ3n) is 7.03. The van der Waals surface area contributed by atoms with Crippen molar-refractivity contribution in [1.29, 1.82) is 0 Å². The predicted molar refractivity (Wildman–Crippen MR) is 138 cm³/mol. The largest absolute Gasteiger partial charge is 0.455 e. The first-order valence-corrected chi connectivity index (χ1v) is 11.2. The third kappa shape index (κ3) is 2.20. The van der Waals surface area contributed by atoms with Gasteiger partial charge in [0.25, 0.3) is 0 Å². The molecule has 8 aromatic rings. The van der Waals surface area contributed by atoms with Gasteiger partial charge in [0, 0.05) is 38.7 Å². The number of aromatic nitrogens is 1. The van der Waals surface area contributed by atoms with Crippen molar-refractivity contribution >= 4 is 65.0 Å². The van der Waals surface area contributed by atoms with E-state index >= 15 is 0 Å². The standard InChI is InChI=1S/C31H17NO/c1-2-8-22-18(5-1)15-16-32-30(22)21-13-14-26-25(17-21)29-23-9-3-6-19-11-12-20-7-4-10-24(31(29)33-26)28(20)27(19)23/h1-17H. The average molecular weight is 419 g/mol. The van der Waals surface area contributed by atoms with Gasteiger partial charge in [-0.2, -0.15) is 0 Å². The van der Waals surface area contributed by atoms with Crippen molar-refractivity contribution in [3.63, 3.8) is 0 Å². The van der Waals surface area contributed by atoms with Gasteiger partial charge in [0.05, 0.1) is 5.69 Å². The zero-order chi connectivity index (χ0) is 21.5. The number of fused-ring (bicyclic) bond motifs is 6. The zero-order valence-electron chi connectivity index (χ0n) is 17.7. The van der Waals surface area contributed by atoms with Gasteiger partial charge in [0.15, 0.2) is 0 Å². The highest BCUT2D eigenvalue weighted by Gasteiger charge is 2.19. The minimum absolute atomic E-state index is 0.908. The molecule has 0 radical (unpaired) electrons. The molecule has 6 aromatic carbocycles.